The summed E-state index contributed by atoms with van der Waals surface area (Å²) in [7, 11) is 0. The zero-order chi connectivity index (χ0) is 16.4. The van der Waals surface area contributed by atoms with Crippen molar-refractivity contribution in [2.45, 2.75) is 18.7 Å². The molecule has 3 rings (SSSR count). The summed E-state index contributed by atoms with van der Waals surface area (Å²) < 4.78 is 0. The molecular weight excluding hydrogens is 328 g/mol. The fourth-order valence-corrected chi connectivity index (χ4v) is 4.39. The van der Waals surface area contributed by atoms with Crippen molar-refractivity contribution in [2.24, 2.45) is 0 Å². The number of carboxylic acid groups (broad SMARTS) is 1. The van der Waals surface area contributed by atoms with Crippen molar-refractivity contribution in [3.8, 4) is 17.2 Å². The molecule has 2 N–H and O–H groups in total. The standard InChI is InChI=1S/C17H14N2O2S2/c1-2-13-12(9-18)14(15(23-13)17(20)21)10-3-5-11(6-4-10)16-19-7-8-22-16/h3-8,16,19H,2H2,1H3,(H,20,21). The van der Waals surface area contributed by atoms with E-state index in [1.807, 2.05) is 42.8 Å². The molecule has 1 aliphatic rings. The Hall–Kier alpha value is -2.23. The van der Waals surface area contributed by atoms with Gasteiger partial charge in [-0.25, -0.2) is 4.79 Å². The lowest BCUT2D eigenvalue weighted by Gasteiger charge is -2.11. The number of thioether (sulfide) groups is 1. The van der Waals surface area contributed by atoms with E-state index >= 15 is 0 Å². The van der Waals surface area contributed by atoms with E-state index in [9.17, 15) is 15.2 Å². The van der Waals surface area contributed by atoms with Crippen molar-refractivity contribution in [1.82, 2.24) is 5.32 Å². The van der Waals surface area contributed by atoms with E-state index < -0.39 is 5.97 Å². The Kier molecular flexibility index (Phi) is 4.42. The minimum atomic E-state index is -0.984. The predicted molar refractivity (Wildman–Crippen MR) is 93.4 cm³/mol. The maximum Gasteiger partial charge on any atom is 0.346 e. The van der Waals surface area contributed by atoms with Gasteiger partial charge in [-0.1, -0.05) is 31.2 Å². The van der Waals surface area contributed by atoms with Crippen molar-refractivity contribution in [2.75, 3.05) is 0 Å². The second-order valence-corrected chi connectivity index (χ2v) is 7.10. The van der Waals surface area contributed by atoms with Gasteiger partial charge in [-0.3, -0.25) is 0 Å². The third-order valence-corrected chi connectivity index (χ3v) is 5.94. The zero-order valence-corrected chi connectivity index (χ0v) is 14.0. The van der Waals surface area contributed by atoms with Gasteiger partial charge in [0.05, 0.1) is 5.56 Å². The Bertz CT molecular complexity index is 808. The topological polar surface area (TPSA) is 73.1 Å². The van der Waals surface area contributed by atoms with E-state index in [0.29, 0.717) is 17.5 Å². The number of hydrogen-bond acceptors (Lipinski definition) is 5. The molecular formula is C17H14N2O2S2. The monoisotopic (exact) mass is 342 g/mol. The molecule has 1 aliphatic heterocycles. The van der Waals surface area contributed by atoms with Gasteiger partial charge in [-0.2, -0.15) is 5.26 Å². The number of nitrogens with zero attached hydrogens (tertiary/aromatic N) is 1. The molecule has 2 aromatic rings. The van der Waals surface area contributed by atoms with E-state index in [4.69, 9.17) is 0 Å². The third-order valence-electron chi connectivity index (χ3n) is 3.64. The first kappa shape index (κ1) is 15.7. The lowest BCUT2D eigenvalue weighted by molar-refractivity contribution is 0.0703. The molecule has 2 heterocycles. The Balaban J connectivity index is 2.05. The summed E-state index contributed by atoms with van der Waals surface area (Å²) in [5.41, 5.74) is 2.91. The van der Waals surface area contributed by atoms with Crippen LogP contribution in [0.25, 0.3) is 11.1 Å². The van der Waals surface area contributed by atoms with Crippen molar-refractivity contribution < 1.29 is 9.90 Å². The molecule has 1 aromatic carbocycles. The lowest BCUT2D eigenvalue weighted by Crippen LogP contribution is -2.06. The van der Waals surface area contributed by atoms with Crippen LogP contribution in [-0.2, 0) is 6.42 Å². The van der Waals surface area contributed by atoms with Gasteiger partial charge in [-0.05, 0) is 23.0 Å². The van der Waals surface area contributed by atoms with Crippen LogP contribution >= 0.6 is 23.1 Å². The number of benzene rings is 1. The van der Waals surface area contributed by atoms with Crippen molar-refractivity contribution in [3.63, 3.8) is 0 Å². The molecule has 0 aliphatic carbocycles. The number of aryl methyl sites for hydroxylation is 1. The molecule has 116 valence electrons. The fraction of sp³-hybridized carbons (Fsp3) is 0.176. The molecule has 0 saturated heterocycles. The van der Waals surface area contributed by atoms with Crippen LogP contribution in [0.5, 0.6) is 0 Å². The van der Waals surface area contributed by atoms with Gasteiger partial charge in [0.25, 0.3) is 0 Å². The Morgan fingerprint density at radius 1 is 1.39 bits per heavy atom. The highest BCUT2D eigenvalue weighted by Gasteiger charge is 2.23. The number of thiophene rings is 1. The molecule has 0 bridgehead atoms. The number of aromatic carboxylic acids is 1. The number of carbonyl (C=O) groups is 1. The summed E-state index contributed by atoms with van der Waals surface area (Å²) in [5, 5.41) is 24.3. The summed E-state index contributed by atoms with van der Waals surface area (Å²) in [4.78, 5) is 12.6. The number of hydrogen-bond donors (Lipinski definition) is 2. The summed E-state index contributed by atoms with van der Waals surface area (Å²) in [6.07, 6.45) is 2.56. The van der Waals surface area contributed by atoms with Crippen LogP contribution in [0.4, 0.5) is 0 Å². The summed E-state index contributed by atoms with van der Waals surface area (Å²) >= 11 is 2.88. The molecule has 6 heteroatoms. The molecule has 4 nitrogen and oxygen atoms in total. The van der Waals surface area contributed by atoms with Crippen LogP contribution in [0, 0.1) is 11.3 Å². The van der Waals surface area contributed by atoms with E-state index in [1.165, 1.54) is 11.3 Å². The lowest BCUT2D eigenvalue weighted by atomic mass is 9.99. The summed E-state index contributed by atoms with van der Waals surface area (Å²) in [6.45, 7) is 1.93. The van der Waals surface area contributed by atoms with Gasteiger partial charge in [0, 0.05) is 16.6 Å². The summed E-state index contributed by atoms with van der Waals surface area (Å²) in [6, 6.07) is 9.92. The first-order valence-electron chi connectivity index (χ1n) is 7.11. The van der Waals surface area contributed by atoms with Crippen LogP contribution < -0.4 is 5.32 Å². The normalized spacial score (nSPS) is 16.1. The average molecular weight is 342 g/mol. The second kappa shape index (κ2) is 6.49. The first-order valence-corrected chi connectivity index (χ1v) is 8.87. The third kappa shape index (κ3) is 2.85. The van der Waals surface area contributed by atoms with Crippen LogP contribution in [0.3, 0.4) is 0 Å². The van der Waals surface area contributed by atoms with E-state index in [2.05, 4.69) is 11.4 Å². The smallest absolute Gasteiger partial charge is 0.346 e. The number of nitrogens with one attached hydrogen (secondary N) is 1. The molecule has 0 amide bonds. The highest BCUT2D eigenvalue weighted by atomic mass is 32.2. The van der Waals surface area contributed by atoms with Crippen molar-refractivity contribution in [3.05, 3.63) is 56.8 Å². The molecule has 1 aromatic heterocycles. The van der Waals surface area contributed by atoms with Gasteiger partial charge in [0.2, 0.25) is 0 Å². The van der Waals surface area contributed by atoms with Crippen molar-refractivity contribution >= 4 is 29.1 Å². The van der Waals surface area contributed by atoms with Crippen LogP contribution in [0.15, 0.2) is 35.9 Å². The number of carboxylic acids is 1. The maximum absolute atomic E-state index is 11.5. The number of nitriles is 1. The highest BCUT2D eigenvalue weighted by Crippen LogP contribution is 2.38. The van der Waals surface area contributed by atoms with E-state index in [-0.39, 0.29) is 10.3 Å². The first-order chi connectivity index (χ1) is 11.2. The molecule has 23 heavy (non-hydrogen) atoms. The molecule has 0 fully saturated rings. The molecule has 1 atom stereocenters. The Labute approximate surface area is 142 Å². The van der Waals surface area contributed by atoms with Gasteiger partial charge >= 0.3 is 5.97 Å². The Morgan fingerprint density at radius 3 is 2.65 bits per heavy atom. The van der Waals surface area contributed by atoms with Gasteiger partial charge in [0.1, 0.15) is 16.3 Å². The fourth-order valence-electron chi connectivity index (χ4n) is 2.55. The highest BCUT2D eigenvalue weighted by molar-refractivity contribution is 8.02. The minimum absolute atomic E-state index is 0.187. The van der Waals surface area contributed by atoms with Gasteiger partial charge in [-0.15, -0.1) is 23.1 Å². The quantitative estimate of drug-likeness (QED) is 0.864. The molecule has 0 spiro atoms. The minimum Gasteiger partial charge on any atom is -0.477 e. The maximum atomic E-state index is 11.5. The van der Waals surface area contributed by atoms with E-state index in [0.717, 1.165) is 16.0 Å². The zero-order valence-electron chi connectivity index (χ0n) is 12.4. The number of rotatable bonds is 4. The van der Waals surface area contributed by atoms with Gasteiger partial charge in [0.15, 0.2) is 0 Å². The van der Waals surface area contributed by atoms with Crippen LogP contribution in [-0.4, -0.2) is 11.1 Å². The van der Waals surface area contributed by atoms with Crippen molar-refractivity contribution in [1.29, 1.82) is 5.26 Å². The SMILES string of the molecule is CCc1sc(C(=O)O)c(-c2ccc(C3NC=CS3)cc2)c1C#N. The van der Waals surface area contributed by atoms with Gasteiger partial charge < -0.3 is 10.4 Å². The predicted octanol–water partition coefficient (Wildman–Crippen LogP) is 4.35. The second-order valence-electron chi connectivity index (χ2n) is 4.98. The molecule has 1 unspecified atom stereocenters. The van der Waals surface area contributed by atoms with Crippen LogP contribution in [0.1, 0.15) is 38.0 Å². The summed E-state index contributed by atoms with van der Waals surface area (Å²) in [5.74, 6) is -0.984. The van der Waals surface area contributed by atoms with E-state index in [1.54, 1.807) is 11.8 Å². The molecule has 0 saturated carbocycles. The largest absolute Gasteiger partial charge is 0.477 e. The molecule has 0 radical (unpaired) electrons. The average Bonchev–Trinajstić information content (AvgIpc) is 3.22. The van der Waals surface area contributed by atoms with Crippen LogP contribution in [0.2, 0.25) is 0 Å². The Morgan fingerprint density at radius 2 is 2.13 bits per heavy atom.